The van der Waals surface area contributed by atoms with E-state index in [9.17, 15) is 4.79 Å². The summed E-state index contributed by atoms with van der Waals surface area (Å²) in [5, 5.41) is 3.32. The molecule has 12 heavy (non-hydrogen) atoms. The lowest BCUT2D eigenvalue weighted by molar-refractivity contribution is -0.129. The third kappa shape index (κ3) is 2.46. The summed E-state index contributed by atoms with van der Waals surface area (Å²) >= 11 is 0. The van der Waals surface area contributed by atoms with Gasteiger partial charge in [-0.25, -0.2) is 0 Å². The van der Waals surface area contributed by atoms with Gasteiger partial charge in [0.1, 0.15) is 0 Å². The van der Waals surface area contributed by atoms with Crippen molar-refractivity contribution < 1.29 is 4.79 Å². The topological polar surface area (TPSA) is 58.4 Å². The van der Waals surface area contributed by atoms with Crippen LogP contribution in [0.1, 0.15) is 13.3 Å². The molecule has 1 aliphatic rings. The molecule has 3 N–H and O–H groups in total. The highest BCUT2D eigenvalue weighted by atomic mass is 16.2. The van der Waals surface area contributed by atoms with Crippen LogP contribution >= 0.6 is 0 Å². The third-order valence-corrected chi connectivity index (χ3v) is 2.12. The Bertz CT molecular complexity index is 160. The van der Waals surface area contributed by atoms with Gasteiger partial charge in [0.05, 0.1) is 6.54 Å². The van der Waals surface area contributed by atoms with Gasteiger partial charge in [-0.3, -0.25) is 4.79 Å². The normalized spacial score (nSPS) is 25.2. The van der Waals surface area contributed by atoms with Crippen molar-refractivity contribution in [3.8, 4) is 0 Å². The summed E-state index contributed by atoms with van der Waals surface area (Å²) in [7, 11) is 0. The van der Waals surface area contributed by atoms with E-state index in [1.807, 2.05) is 4.90 Å². The molecule has 1 saturated heterocycles. The Hall–Kier alpha value is -0.610. The number of nitrogens with two attached hydrogens (primary N) is 1. The van der Waals surface area contributed by atoms with Gasteiger partial charge in [-0.2, -0.15) is 0 Å². The first kappa shape index (κ1) is 9.48. The van der Waals surface area contributed by atoms with E-state index in [0.717, 1.165) is 26.1 Å². The number of carbonyl (C=O) groups is 1. The van der Waals surface area contributed by atoms with Crippen LogP contribution in [0.3, 0.4) is 0 Å². The molecule has 1 aliphatic heterocycles. The molecule has 1 heterocycles. The molecule has 0 aromatic carbocycles. The van der Waals surface area contributed by atoms with Gasteiger partial charge in [0.15, 0.2) is 0 Å². The number of nitrogens with zero attached hydrogens (tertiary/aromatic N) is 1. The fraction of sp³-hybridized carbons (Fsp3) is 0.875. The first-order valence-corrected chi connectivity index (χ1v) is 4.45. The summed E-state index contributed by atoms with van der Waals surface area (Å²) in [6.07, 6.45) is 1.02. The summed E-state index contributed by atoms with van der Waals surface area (Å²) in [6.45, 7) is 4.84. The van der Waals surface area contributed by atoms with Crippen molar-refractivity contribution in [2.24, 2.45) is 5.73 Å². The van der Waals surface area contributed by atoms with Gasteiger partial charge < -0.3 is 16.0 Å². The lowest BCUT2D eigenvalue weighted by Gasteiger charge is -2.21. The second kappa shape index (κ2) is 4.42. The smallest absolute Gasteiger partial charge is 0.236 e. The monoisotopic (exact) mass is 171 g/mol. The molecule has 0 radical (unpaired) electrons. The van der Waals surface area contributed by atoms with Crippen LogP contribution in [0.4, 0.5) is 0 Å². The molecule has 1 rings (SSSR count). The second-order valence-corrected chi connectivity index (χ2v) is 3.25. The lowest BCUT2D eigenvalue weighted by atomic mass is 10.3. The van der Waals surface area contributed by atoms with Crippen molar-refractivity contribution in [1.82, 2.24) is 10.2 Å². The quantitative estimate of drug-likeness (QED) is 0.540. The summed E-state index contributed by atoms with van der Waals surface area (Å²) in [4.78, 5) is 13.1. The predicted molar refractivity (Wildman–Crippen MR) is 47.7 cm³/mol. The fourth-order valence-electron chi connectivity index (χ4n) is 1.46. The van der Waals surface area contributed by atoms with Crippen LogP contribution < -0.4 is 11.1 Å². The van der Waals surface area contributed by atoms with Crippen LogP contribution in [0.5, 0.6) is 0 Å². The Morgan fingerprint density at radius 1 is 1.75 bits per heavy atom. The van der Waals surface area contributed by atoms with Crippen molar-refractivity contribution in [2.45, 2.75) is 19.4 Å². The maximum Gasteiger partial charge on any atom is 0.236 e. The second-order valence-electron chi connectivity index (χ2n) is 3.25. The zero-order chi connectivity index (χ0) is 8.97. The largest absolute Gasteiger partial charge is 0.340 e. The molecule has 0 bridgehead atoms. The van der Waals surface area contributed by atoms with Crippen molar-refractivity contribution in [3.63, 3.8) is 0 Å². The van der Waals surface area contributed by atoms with Crippen LogP contribution in [-0.2, 0) is 4.79 Å². The third-order valence-electron chi connectivity index (χ3n) is 2.12. The minimum Gasteiger partial charge on any atom is -0.340 e. The van der Waals surface area contributed by atoms with E-state index in [2.05, 4.69) is 12.2 Å². The summed E-state index contributed by atoms with van der Waals surface area (Å²) in [5.74, 6) is 0.0607. The highest BCUT2D eigenvalue weighted by Crippen LogP contribution is 1.99. The van der Waals surface area contributed by atoms with Crippen molar-refractivity contribution >= 4 is 5.91 Å². The maximum absolute atomic E-state index is 11.2. The maximum atomic E-state index is 11.2. The zero-order valence-electron chi connectivity index (χ0n) is 7.55. The number of rotatable bonds is 1. The molecule has 0 aromatic heterocycles. The van der Waals surface area contributed by atoms with Gasteiger partial charge >= 0.3 is 0 Å². The number of carbonyl (C=O) groups excluding carboxylic acids is 1. The molecule has 1 atom stereocenters. The van der Waals surface area contributed by atoms with E-state index in [0.29, 0.717) is 6.04 Å². The molecular formula is C8H17N3O. The summed E-state index contributed by atoms with van der Waals surface area (Å²) in [5.41, 5.74) is 5.29. The molecule has 0 spiro atoms. The number of amides is 1. The summed E-state index contributed by atoms with van der Waals surface area (Å²) < 4.78 is 0. The Labute approximate surface area is 73.1 Å². The van der Waals surface area contributed by atoms with E-state index >= 15 is 0 Å². The van der Waals surface area contributed by atoms with Crippen LogP contribution in [0, 0.1) is 0 Å². The minimum atomic E-state index is 0.0607. The van der Waals surface area contributed by atoms with E-state index in [4.69, 9.17) is 5.73 Å². The van der Waals surface area contributed by atoms with Crippen LogP contribution in [0.25, 0.3) is 0 Å². The molecule has 4 nitrogen and oxygen atoms in total. The first-order chi connectivity index (χ1) is 5.74. The van der Waals surface area contributed by atoms with Crippen molar-refractivity contribution in [2.75, 3.05) is 26.2 Å². The highest BCUT2D eigenvalue weighted by Gasteiger charge is 2.17. The van der Waals surface area contributed by atoms with Gasteiger partial charge in [0.2, 0.25) is 5.91 Å². The lowest BCUT2D eigenvalue weighted by Crippen LogP contribution is -2.41. The van der Waals surface area contributed by atoms with Crippen molar-refractivity contribution in [1.29, 1.82) is 0 Å². The number of hydrogen-bond acceptors (Lipinski definition) is 3. The Kier molecular flexibility index (Phi) is 3.49. The summed E-state index contributed by atoms with van der Waals surface area (Å²) in [6, 6.07) is 0.392. The molecule has 70 valence electrons. The molecule has 0 unspecified atom stereocenters. The van der Waals surface area contributed by atoms with Crippen molar-refractivity contribution in [3.05, 3.63) is 0 Å². The minimum absolute atomic E-state index is 0.0607. The van der Waals surface area contributed by atoms with Gasteiger partial charge in [-0.1, -0.05) is 0 Å². The number of nitrogens with one attached hydrogen (secondary N) is 1. The van der Waals surface area contributed by atoms with Gasteiger partial charge in [-0.15, -0.1) is 0 Å². The molecule has 0 saturated carbocycles. The average molecular weight is 171 g/mol. The van der Waals surface area contributed by atoms with Crippen LogP contribution in [0.15, 0.2) is 0 Å². The fourth-order valence-corrected chi connectivity index (χ4v) is 1.46. The standard InChI is InChI=1S/C8H17N3O/c1-7-6-11(8(12)5-9)4-2-3-10-7/h7,10H,2-6,9H2,1H3/t7-/m0/s1. The van der Waals surface area contributed by atoms with Gasteiger partial charge in [0, 0.05) is 19.1 Å². The zero-order valence-corrected chi connectivity index (χ0v) is 7.55. The molecule has 0 aliphatic carbocycles. The van der Waals surface area contributed by atoms with Gasteiger partial charge in [-0.05, 0) is 19.9 Å². The number of hydrogen-bond donors (Lipinski definition) is 2. The molecule has 1 fully saturated rings. The first-order valence-electron chi connectivity index (χ1n) is 4.45. The molecule has 0 aromatic rings. The Balaban J connectivity index is 2.46. The van der Waals surface area contributed by atoms with E-state index in [1.54, 1.807) is 0 Å². The van der Waals surface area contributed by atoms with Crippen LogP contribution in [-0.4, -0.2) is 43.0 Å². The van der Waals surface area contributed by atoms with E-state index < -0.39 is 0 Å². The molecular weight excluding hydrogens is 154 g/mol. The predicted octanol–water partition coefficient (Wildman–Crippen LogP) is -0.844. The SMILES string of the molecule is C[C@H]1CN(C(=O)CN)CCCN1. The Morgan fingerprint density at radius 3 is 3.17 bits per heavy atom. The van der Waals surface area contributed by atoms with Crippen LogP contribution in [0.2, 0.25) is 0 Å². The molecule has 1 amide bonds. The molecule has 4 heteroatoms. The highest BCUT2D eigenvalue weighted by molar-refractivity contribution is 5.78. The van der Waals surface area contributed by atoms with Gasteiger partial charge in [0.25, 0.3) is 0 Å². The van der Waals surface area contributed by atoms with E-state index in [1.165, 1.54) is 0 Å². The van der Waals surface area contributed by atoms with E-state index in [-0.39, 0.29) is 12.5 Å². The Morgan fingerprint density at radius 2 is 2.50 bits per heavy atom. The average Bonchev–Trinajstić information content (AvgIpc) is 2.28.